The van der Waals surface area contributed by atoms with Gasteiger partial charge in [0.25, 0.3) is 0 Å². The highest BCUT2D eigenvalue weighted by Gasteiger charge is 2.27. The molecule has 176 valence electrons. The first kappa shape index (κ1) is 26.0. The Labute approximate surface area is 196 Å². The van der Waals surface area contributed by atoms with E-state index in [-0.39, 0.29) is 33.2 Å². The third kappa shape index (κ3) is 5.94. The van der Waals surface area contributed by atoms with E-state index in [1.807, 2.05) is 6.07 Å². The predicted molar refractivity (Wildman–Crippen MR) is 140 cm³/mol. The summed E-state index contributed by atoms with van der Waals surface area (Å²) < 4.78 is 0. The molecule has 0 saturated carbocycles. The highest BCUT2D eigenvalue weighted by molar-refractivity contribution is 6.08. The Balaban J connectivity index is 2.62. The number of anilines is 1. The molecule has 3 N–H and O–H groups in total. The van der Waals surface area contributed by atoms with E-state index in [1.54, 1.807) is 0 Å². The molecular formula is C29H44N2O. The summed E-state index contributed by atoms with van der Waals surface area (Å²) in [5.41, 5.74) is 5.52. The Morgan fingerprint density at radius 2 is 1.03 bits per heavy atom. The molecule has 2 aromatic carbocycles. The fraction of sp³-hybridized carbons (Fsp3) is 0.552. The molecule has 3 nitrogen and oxygen atoms in total. The lowest BCUT2D eigenvalue weighted by molar-refractivity contribution is 0.443. The van der Waals surface area contributed by atoms with Crippen LogP contribution in [0, 0.1) is 5.41 Å². The molecule has 0 unspecified atom stereocenters. The van der Waals surface area contributed by atoms with Gasteiger partial charge in [0.1, 0.15) is 11.6 Å². The van der Waals surface area contributed by atoms with E-state index < -0.39 is 0 Å². The number of rotatable bonds is 2. The van der Waals surface area contributed by atoms with Crippen molar-refractivity contribution in [2.24, 2.45) is 0 Å². The Hall–Kier alpha value is -2.29. The van der Waals surface area contributed by atoms with E-state index in [1.165, 1.54) is 11.1 Å². The van der Waals surface area contributed by atoms with Crippen LogP contribution in [0.15, 0.2) is 30.3 Å². The fourth-order valence-corrected chi connectivity index (χ4v) is 3.61. The van der Waals surface area contributed by atoms with Crippen molar-refractivity contribution < 1.29 is 5.11 Å². The second-order valence-electron chi connectivity index (χ2n) is 13.2. The number of hydrogen-bond donors (Lipinski definition) is 3. The zero-order chi connectivity index (χ0) is 24.9. The summed E-state index contributed by atoms with van der Waals surface area (Å²) in [6, 6.07) is 10.6. The van der Waals surface area contributed by atoms with Gasteiger partial charge in [-0.2, -0.15) is 0 Å². The van der Waals surface area contributed by atoms with E-state index >= 15 is 0 Å². The first-order chi connectivity index (χ1) is 14.2. The molecule has 0 aliphatic carbocycles. The molecular weight excluding hydrogens is 392 g/mol. The zero-order valence-electron chi connectivity index (χ0n) is 22.3. The van der Waals surface area contributed by atoms with Crippen molar-refractivity contribution in [3.05, 3.63) is 58.1 Å². The molecule has 2 aromatic rings. The lowest BCUT2D eigenvalue weighted by Crippen LogP contribution is -2.21. The average molecular weight is 437 g/mol. The Bertz CT molecular complexity index is 971. The molecule has 0 heterocycles. The van der Waals surface area contributed by atoms with Crippen LogP contribution in [0.25, 0.3) is 0 Å². The summed E-state index contributed by atoms with van der Waals surface area (Å²) in [5.74, 6) is 0.399. The predicted octanol–water partition coefficient (Wildman–Crippen LogP) is 8.02. The molecule has 0 saturated heterocycles. The number of amidine groups is 1. The lowest BCUT2D eigenvalue weighted by atomic mass is 9.78. The van der Waals surface area contributed by atoms with Crippen LogP contribution in [0.5, 0.6) is 5.75 Å². The molecule has 0 amide bonds. The average Bonchev–Trinajstić information content (AvgIpc) is 2.57. The van der Waals surface area contributed by atoms with Crippen LogP contribution in [0.4, 0.5) is 5.69 Å². The monoisotopic (exact) mass is 436 g/mol. The number of phenolic OH excluding ortho intramolecular Hbond substituents is 1. The minimum atomic E-state index is -0.230. The van der Waals surface area contributed by atoms with Gasteiger partial charge in [-0.25, -0.2) is 0 Å². The van der Waals surface area contributed by atoms with Crippen LogP contribution in [0.3, 0.4) is 0 Å². The molecule has 0 aliphatic rings. The molecule has 0 bridgehead atoms. The zero-order valence-corrected chi connectivity index (χ0v) is 22.3. The molecule has 0 aliphatic heterocycles. The Kier molecular flexibility index (Phi) is 6.69. The van der Waals surface area contributed by atoms with E-state index in [2.05, 4.69) is 113 Å². The molecule has 32 heavy (non-hydrogen) atoms. The fourth-order valence-electron chi connectivity index (χ4n) is 3.61. The quantitative estimate of drug-likeness (QED) is 0.330. The SMILES string of the molecule is CC(C)(C)c1cc(NC(=N)c2cc(C(C)(C)C)cc(C(C)(C)C)c2O)cc(C(C)(C)C)c1. The van der Waals surface area contributed by atoms with Gasteiger partial charge in [-0.3, -0.25) is 5.41 Å². The third-order valence-electron chi connectivity index (χ3n) is 5.99. The van der Waals surface area contributed by atoms with Gasteiger partial charge in [-0.15, -0.1) is 0 Å². The van der Waals surface area contributed by atoms with Crippen molar-refractivity contribution in [1.82, 2.24) is 0 Å². The number of nitrogens with one attached hydrogen (secondary N) is 2. The topological polar surface area (TPSA) is 56.1 Å². The highest BCUT2D eigenvalue weighted by atomic mass is 16.3. The normalized spacial score (nSPS) is 13.2. The summed E-state index contributed by atoms with van der Waals surface area (Å²) >= 11 is 0. The van der Waals surface area contributed by atoms with E-state index in [0.717, 1.165) is 16.8 Å². The number of hydrogen-bond acceptors (Lipinski definition) is 2. The first-order valence-electron chi connectivity index (χ1n) is 11.6. The first-order valence-corrected chi connectivity index (χ1v) is 11.6. The van der Waals surface area contributed by atoms with Gasteiger partial charge in [0.2, 0.25) is 0 Å². The molecule has 2 rings (SSSR count). The molecule has 0 radical (unpaired) electrons. The molecule has 0 atom stereocenters. The summed E-state index contributed by atoms with van der Waals surface area (Å²) in [7, 11) is 0. The smallest absolute Gasteiger partial charge is 0.133 e. The van der Waals surface area contributed by atoms with E-state index in [9.17, 15) is 5.11 Å². The Morgan fingerprint density at radius 3 is 1.41 bits per heavy atom. The molecule has 0 spiro atoms. The third-order valence-corrected chi connectivity index (χ3v) is 5.99. The minimum absolute atomic E-state index is 0.00637. The minimum Gasteiger partial charge on any atom is -0.507 e. The summed E-state index contributed by atoms with van der Waals surface area (Å²) in [6.07, 6.45) is 0. The maximum Gasteiger partial charge on any atom is 0.133 e. The van der Waals surface area contributed by atoms with Gasteiger partial charge < -0.3 is 10.4 Å². The maximum absolute atomic E-state index is 11.1. The van der Waals surface area contributed by atoms with Crippen LogP contribution < -0.4 is 5.32 Å². The van der Waals surface area contributed by atoms with Crippen LogP contribution in [-0.2, 0) is 21.7 Å². The summed E-state index contributed by atoms with van der Waals surface area (Å²) in [6.45, 7) is 26.0. The van der Waals surface area contributed by atoms with E-state index in [4.69, 9.17) is 5.41 Å². The lowest BCUT2D eigenvalue weighted by Gasteiger charge is -2.28. The van der Waals surface area contributed by atoms with Gasteiger partial charge in [0.15, 0.2) is 0 Å². The van der Waals surface area contributed by atoms with E-state index in [0.29, 0.717) is 5.56 Å². The van der Waals surface area contributed by atoms with Crippen LogP contribution in [0.2, 0.25) is 0 Å². The second kappa shape index (κ2) is 8.24. The van der Waals surface area contributed by atoms with Crippen molar-refractivity contribution in [3.63, 3.8) is 0 Å². The van der Waals surface area contributed by atoms with Gasteiger partial charge in [0, 0.05) is 11.3 Å². The van der Waals surface area contributed by atoms with Crippen LogP contribution in [0.1, 0.15) is 111 Å². The highest BCUT2D eigenvalue weighted by Crippen LogP contribution is 2.38. The van der Waals surface area contributed by atoms with Crippen molar-refractivity contribution >= 4 is 11.5 Å². The van der Waals surface area contributed by atoms with Gasteiger partial charge >= 0.3 is 0 Å². The summed E-state index contributed by atoms with van der Waals surface area (Å²) in [5, 5.41) is 23.3. The summed E-state index contributed by atoms with van der Waals surface area (Å²) in [4.78, 5) is 0. The van der Waals surface area contributed by atoms with Gasteiger partial charge in [-0.1, -0.05) is 95.2 Å². The van der Waals surface area contributed by atoms with Gasteiger partial charge in [-0.05, 0) is 56.5 Å². The van der Waals surface area contributed by atoms with Crippen molar-refractivity contribution in [2.45, 2.75) is 105 Å². The second-order valence-corrected chi connectivity index (χ2v) is 13.2. The van der Waals surface area contributed by atoms with Crippen molar-refractivity contribution in [2.75, 3.05) is 5.32 Å². The van der Waals surface area contributed by atoms with Crippen molar-refractivity contribution in [3.8, 4) is 5.75 Å². The maximum atomic E-state index is 11.1. The number of aromatic hydroxyl groups is 1. The largest absolute Gasteiger partial charge is 0.507 e. The van der Waals surface area contributed by atoms with Crippen LogP contribution >= 0.6 is 0 Å². The molecule has 3 heteroatoms. The molecule has 0 aromatic heterocycles. The Morgan fingerprint density at radius 1 is 0.625 bits per heavy atom. The molecule has 0 fully saturated rings. The van der Waals surface area contributed by atoms with Crippen molar-refractivity contribution in [1.29, 1.82) is 5.41 Å². The van der Waals surface area contributed by atoms with Crippen LogP contribution in [-0.4, -0.2) is 10.9 Å². The number of benzene rings is 2. The number of phenols is 1. The van der Waals surface area contributed by atoms with Gasteiger partial charge in [0.05, 0.1) is 5.56 Å². The standard InChI is InChI=1S/C29H44N2O/c1-26(2,3)18-13-19(27(4,5)6)15-21(14-18)31-25(30)22-16-20(28(7,8)9)17-23(24(22)32)29(10,11)12/h13-17,32H,1-12H3,(H2,30,31).